The smallest absolute Gasteiger partial charge is 0.0787 e. The van der Waals surface area contributed by atoms with Crippen LogP contribution < -0.4 is 5.32 Å². The summed E-state index contributed by atoms with van der Waals surface area (Å²) in [5.74, 6) is 0.819. The van der Waals surface area contributed by atoms with Crippen molar-refractivity contribution in [1.29, 1.82) is 0 Å². The molecule has 2 rings (SSSR count). The van der Waals surface area contributed by atoms with Crippen molar-refractivity contribution in [3.05, 3.63) is 0 Å². The molecule has 17 heavy (non-hydrogen) atoms. The third kappa shape index (κ3) is 3.21. The number of hydrogen-bond donors (Lipinski definition) is 1. The molecular weight excluding hydrogens is 212 g/mol. The van der Waals surface area contributed by atoms with Crippen molar-refractivity contribution in [2.45, 2.75) is 57.8 Å². The maximum atomic E-state index is 6.11. The number of likely N-dealkylation sites (tertiary alicyclic amines) is 1. The highest BCUT2D eigenvalue weighted by Gasteiger charge is 2.45. The molecule has 3 nitrogen and oxygen atoms in total. The van der Waals surface area contributed by atoms with Gasteiger partial charge in [0.2, 0.25) is 0 Å². The zero-order chi connectivity index (χ0) is 12.7. The van der Waals surface area contributed by atoms with E-state index in [0.29, 0.717) is 6.04 Å². The predicted molar refractivity (Wildman–Crippen MR) is 71.3 cm³/mol. The van der Waals surface area contributed by atoms with Crippen LogP contribution in [0.15, 0.2) is 0 Å². The summed E-state index contributed by atoms with van der Waals surface area (Å²) in [6, 6.07) is 0.489. The maximum Gasteiger partial charge on any atom is 0.0787 e. The summed E-state index contributed by atoms with van der Waals surface area (Å²) < 4.78 is 6.11. The van der Waals surface area contributed by atoms with Gasteiger partial charge < -0.3 is 15.0 Å². The first kappa shape index (κ1) is 13.3. The third-order valence-electron chi connectivity index (χ3n) is 4.22. The number of nitrogens with zero attached hydrogens (tertiary/aromatic N) is 1. The minimum Gasteiger partial charge on any atom is -0.368 e. The Kier molecular flexibility index (Phi) is 3.54. The molecule has 2 atom stereocenters. The summed E-state index contributed by atoms with van der Waals surface area (Å²) in [5, 5.41) is 3.74. The molecular formula is C14H28N2O. The zero-order valence-electron chi connectivity index (χ0n) is 12.0. The molecule has 2 heterocycles. The predicted octanol–water partition coefficient (Wildman–Crippen LogP) is 1.87. The van der Waals surface area contributed by atoms with Crippen LogP contribution in [0, 0.1) is 5.92 Å². The van der Waals surface area contributed by atoms with Gasteiger partial charge in [-0.3, -0.25) is 0 Å². The largest absolute Gasteiger partial charge is 0.368 e. The molecule has 0 aliphatic carbocycles. The van der Waals surface area contributed by atoms with E-state index in [4.69, 9.17) is 4.74 Å². The Bertz CT molecular complexity index is 275. The van der Waals surface area contributed by atoms with Crippen LogP contribution in [0.3, 0.4) is 0 Å². The van der Waals surface area contributed by atoms with Gasteiger partial charge in [-0.15, -0.1) is 0 Å². The lowest BCUT2D eigenvalue weighted by atomic mass is 9.94. The second-order valence-electron chi connectivity index (χ2n) is 7.05. The van der Waals surface area contributed by atoms with Crippen LogP contribution in [0.1, 0.15) is 40.5 Å². The zero-order valence-corrected chi connectivity index (χ0v) is 12.0. The topological polar surface area (TPSA) is 24.5 Å². The molecule has 0 aromatic rings. The van der Waals surface area contributed by atoms with Gasteiger partial charge in [0.1, 0.15) is 0 Å². The highest BCUT2D eigenvalue weighted by Crippen LogP contribution is 2.37. The Morgan fingerprint density at radius 2 is 2.00 bits per heavy atom. The summed E-state index contributed by atoms with van der Waals surface area (Å²) in [6.45, 7) is 12.4. The van der Waals surface area contributed by atoms with Crippen molar-refractivity contribution >= 4 is 0 Å². The third-order valence-corrected chi connectivity index (χ3v) is 4.22. The summed E-state index contributed by atoms with van der Waals surface area (Å²) in [6.07, 6.45) is 2.45. The van der Waals surface area contributed by atoms with Gasteiger partial charge in [-0.2, -0.15) is 0 Å². The Morgan fingerprint density at radius 1 is 1.29 bits per heavy atom. The van der Waals surface area contributed by atoms with E-state index in [1.807, 2.05) is 0 Å². The van der Waals surface area contributed by atoms with Gasteiger partial charge in [0.05, 0.1) is 11.2 Å². The minimum absolute atomic E-state index is 0.0215. The first-order valence-corrected chi connectivity index (χ1v) is 6.91. The molecule has 0 radical (unpaired) electrons. The maximum absolute atomic E-state index is 6.11. The fourth-order valence-corrected chi connectivity index (χ4v) is 3.38. The second kappa shape index (κ2) is 4.52. The van der Waals surface area contributed by atoms with E-state index in [1.165, 1.54) is 19.5 Å². The summed E-state index contributed by atoms with van der Waals surface area (Å²) in [4.78, 5) is 2.42. The van der Waals surface area contributed by atoms with E-state index < -0.39 is 0 Å². The second-order valence-corrected chi connectivity index (χ2v) is 7.05. The van der Waals surface area contributed by atoms with Gasteiger partial charge in [-0.05, 0) is 66.6 Å². The standard InChI is InChI=1S/C14H28N2O/c1-13(2)8-12(14(3,4)17-13)15-9-11-6-7-16(5)10-11/h11-12,15H,6-10H2,1-5H3. The Labute approximate surface area is 106 Å². The molecule has 0 spiro atoms. The number of ether oxygens (including phenoxy) is 1. The molecule has 2 fully saturated rings. The molecule has 0 amide bonds. The summed E-state index contributed by atoms with van der Waals surface area (Å²) in [7, 11) is 2.21. The van der Waals surface area contributed by atoms with E-state index >= 15 is 0 Å². The van der Waals surface area contributed by atoms with Gasteiger partial charge in [-0.25, -0.2) is 0 Å². The molecule has 0 bridgehead atoms. The molecule has 100 valence electrons. The van der Waals surface area contributed by atoms with E-state index in [1.54, 1.807) is 0 Å². The Morgan fingerprint density at radius 3 is 2.47 bits per heavy atom. The number of hydrogen-bond acceptors (Lipinski definition) is 3. The minimum atomic E-state index is -0.0337. The highest BCUT2D eigenvalue weighted by atomic mass is 16.5. The van der Waals surface area contributed by atoms with Crippen LogP contribution in [0.5, 0.6) is 0 Å². The monoisotopic (exact) mass is 240 g/mol. The first-order valence-electron chi connectivity index (χ1n) is 6.91. The van der Waals surface area contributed by atoms with Gasteiger partial charge in [-0.1, -0.05) is 0 Å². The van der Waals surface area contributed by atoms with Crippen molar-refractivity contribution in [1.82, 2.24) is 10.2 Å². The van der Waals surface area contributed by atoms with E-state index in [2.05, 4.69) is 45.0 Å². The van der Waals surface area contributed by atoms with Crippen LogP contribution in [-0.2, 0) is 4.74 Å². The lowest BCUT2D eigenvalue weighted by molar-refractivity contribution is -0.0699. The lowest BCUT2D eigenvalue weighted by Gasteiger charge is -2.28. The Hall–Kier alpha value is -0.120. The average Bonchev–Trinajstić information content (AvgIpc) is 2.64. The van der Waals surface area contributed by atoms with Gasteiger partial charge in [0.15, 0.2) is 0 Å². The molecule has 3 heteroatoms. The van der Waals surface area contributed by atoms with Crippen LogP contribution in [-0.4, -0.2) is 48.8 Å². The van der Waals surface area contributed by atoms with E-state index in [0.717, 1.165) is 18.9 Å². The summed E-state index contributed by atoms with van der Waals surface area (Å²) in [5.41, 5.74) is -0.0123. The van der Waals surface area contributed by atoms with Gasteiger partial charge in [0.25, 0.3) is 0 Å². The quantitative estimate of drug-likeness (QED) is 0.815. The van der Waals surface area contributed by atoms with Crippen molar-refractivity contribution in [2.75, 3.05) is 26.7 Å². The molecule has 0 aromatic heterocycles. The van der Waals surface area contributed by atoms with Crippen LogP contribution in [0.25, 0.3) is 0 Å². The van der Waals surface area contributed by atoms with E-state index in [9.17, 15) is 0 Å². The SMILES string of the molecule is CN1CCC(CNC2CC(C)(C)OC2(C)C)C1. The fraction of sp³-hybridized carbons (Fsp3) is 1.00. The van der Waals surface area contributed by atoms with Gasteiger partial charge >= 0.3 is 0 Å². The number of nitrogens with one attached hydrogen (secondary N) is 1. The molecule has 2 aliphatic rings. The van der Waals surface area contributed by atoms with Gasteiger partial charge in [0, 0.05) is 12.6 Å². The molecule has 0 saturated carbocycles. The van der Waals surface area contributed by atoms with Crippen molar-refractivity contribution < 1.29 is 4.74 Å². The van der Waals surface area contributed by atoms with E-state index in [-0.39, 0.29) is 11.2 Å². The fourth-order valence-electron chi connectivity index (χ4n) is 3.38. The molecule has 2 aliphatic heterocycles. The van der Waals surface area contributed by atoms with Crippen LogP contribution in [0.2, 0.25) is 0 Å². The molecule has 0 aromatic carbocycles. The highest BCUT2D eigenvalue weighted by molar-refractivity contribution is 4.99. The molecule has 2 unspecified atom stereocenters. The van der Waals surface area contributed by atoms with Crippen molar-refractivity contribution in [2.24, 2.45) is 5.92 Å². The average molecular weight is 240 g/mol. The molecule has 1 N–H and O–H groups in total. The van der Waals surface area contributed by atoms with Crippen molar-refractivity contribution in [3.63, 3.8) is 0 Å². The Balaban J connectivity index is 1.83. The molecule has 2 saturated heterocycles. The summed E-state index contributed by atoms with van der Waals surface area (Å²) >= 11 is 0. The first-order chi connectivity index (χ1) is 7.78. The number of rotatable bonds is 3. The van der Waals surface area contributed by atoms with Crippen molar-refractivity contribution in [3.8, 4) is 0 Å². The van der Waals surface area contributed by atoms with Crippen LogP contribution >= 0.6 is 0 Å². The normalized spacial score (nSPS) is 36.5. The lowest BCUT2D eigenvalue weighted by Crippen LogP contribution is -2.45. The van der Waals surface area contributed by atoms with Crippen LogP contribution in [0.4, 0.5) is 0 Å².